The van der Waals surface area contributed by atoms with E-state index in [0.717, 1.165) is 7.11 Å². The number of rotatable bonds is 6. The van der Waals surface area contributed by atoms with E-state index in [4.69, 9.17) is 18.7 Å². The minimum absolute atomic E-state index is 0.221. The molecule has 0 aromatic heterocycles. The van der Waals surface area contributed by atoms with Crippen LogP contribution in [-0.4, -0.2) is 56.2 Å². The largest absolute Gasteiger partial charge is 0.472 e. The van der Waals surface area contributed by atoms with Gasteiger partial charge in [0.15, 0.2) is 0 Å². The van der Waals surface area contributed by atoms with E-state index in [1.807, 2.05) is 6.92 Å². The first-order valence-corrected chi connectivity index (χ1v) is 7.84. The molecule has 7 nitrogen and oxygen atoms in total. The lowest BCUT2D eigenvalue weighted by Gasteiger charge is -2.42. The van der Waals surface area contributed by atoms with Crippen molar-refractivity contribution in [2.24, 2.45) is 0 Å². The van der Waals surface area contributed by atoms with Gasteiger partial charge in [-0.2, -0.15) is 0 Å². The fourth-order valence-electron chi connectivity index (χ4n) is 3.02. The highest BCUT2D eigenvalue weighted by molar-refractivity contribution is 7.47. The predicted octanol–water partition coefficient (Wildman–Crippen LogP) is 1.10. The van der Waals surface area contributed by atoms with Gasteiger partial charge in [0.2, 0.25) is 0 Å². The van der Waals surface area contributed by atoms with Crippen LogP contribution in [0.25, 0.3) is 0 Å². The van der Waals surface area contributed by atoms with Gasteiger partial charge in [-0.25, -0.2) is 4.57 Å². The molecule has 112 valence electrons. The molecule has 8 heteroatoms. The third-order valence-corrected chi connectivity index (χ3v) is 4.77. The van der Waals surface area contributed by atoms with Gasteiger partial charge in [0.25, 0.3) is 0 Å². The lowest BCUT2D eigenvalue weighted by molar-refractivity contribution is -0.198. The van der Waals surface area contributed by atoms with E-state index in [2.05, 4.69) is 4.52 Å². The first kappa shape index (κ1) is 15.4. The summed E-state index contributed by atoms with van der Waals surface area (Å²) in [5.74, 6) is 0. The zero-order chi connectivity index (χ0) is 14.1. The summed E-state index contributed by atoms with van der Waals surface area (Å²) in [4.78, 5) is 9.54. The molecule has 1 saturated heterocycles. The minimum Gasteiger partial charge on any atom is -0.378 e. The van der Waals surface area contributed by atoms with Crippen molar-refractivity contribution in [2.45, 2.75) is 43.7 Å². The monoisotopic (exact) mass is 296 g/mol. The summed E-state index contributed by atoms with van der Waals surface area (Å²) >= 11 is 0. The summed E-state index contributed by atoms with van der Waals surface area (Å²) in [6.07, 6.45) is -0.0700. The van der Waals surface area contributed by atoms with Crippen molar-refractivity contribution in [3.8, 4) is 0 Å². The van der Waals surface area contributed by atoms with E-state index in [1.54, 1.807) is 7.11 Å². The van der Waals surface area contributed by atoms with Crippen molar-refractivity contribution in [1.82, 2.24) is 0 Å². The molecule has 1 saturated carbocycles. The van der Waals surface area contributed by atoms with Gasteiger partial charge in [-0.05, 0) is 6.92 Å². The molecule has 0 aromatic rings. The third kappa shape index (κ3) is 2.74. The second kappa shape index (κ2) is 5.77. The Balaban J connectivity index is 2.27. The first-order valence-electron chi connectivity index (χ1n) is 6.34. The lowest BCUT2D eigenvalue weighted by atomic mass is 9.91. The molecule has 0 aromatic carbocycles. The van der Waals surface area contributed by atoms with Crippen molar-refractivity contribution in [3.63, 3.8) is 0 Å². The zero-order valence-electron chi connectivity index (χ0n) is 11.4. The number of fused-ring (bicyclic) bond motifs is 2. The second-order valence-electron chi connectivity index (χ2n) is 4.68. The van der Waals surface area contributed by atoms with E-state index in [-0.39, 0.29) is 12.2 Å². The van der Waals surface area contributed by atoms with Gasteiger partial charge >= 0.3 is 7.82 Å². The molecule has 2 rings (SSSR count). The van der Waals surface area contributed by atoms with Gasteiger partial charge in [-0.1, -0.05) is 0 Å². The Kier molecular flexibility index (Phi) is 4.67. The van der Waals surface area contributed by atoms with Crippen LogP contribution in [-0.2, 0) is 27.8 Å². The lowest BCUT2D eigenvalue weighted by Crippen LogP contribution is -2.55. The van der Waals surface area contributed by atoms with Gasteiger partial charge < -0.3 is 19.1 Å². The van der Waals surface area contributed by atoms with Crippen LogP contribution in [0.15, 0.2) is 0 Å². The standard InChI is InChI=1S/C11H21O7P/c1-4-17-11-5-6-16-8(7-9(11)14-2)10(11)18-19(12,13)15-3/h8-10H,4-7H2,1-3H3,(H,12,13)/t8-,9-,10?,11+/m1/s1. The maximum absolute atomic E-state index is 11.7. The average Bonchev–Trinajstić information content (AvgIpc) is 2.55. The normalized spacial score (nSPS) is 41.2. The zero-order valence-corrected chi connectivity index (χ0v) is 12.3. The summed E-state index contributed by atoms with van der Waals surface area (Å²) in [5.41, 5.74) is -0.747. The number of phosphoric acid groups is 1. The molecule has 2 unspecified atom stereocenters. The summed E-state index contributed by atoms with van der Waals surface area (Å²) in [6, 6.07) is 0. The fraction of sp³-hybridized carbons (Fsp3) is 1.00. The molecule has 1 N–H and O–H groups in total. The van der Waals surface area contributed by atoms with Crippen LogP contribution < -0.4 is 0 Å². The Hall–Kier alpha value is -0.0100. The molecule has 0 spiro atoms. The first-order chi connectivity index (χ1) is 8.99. The molecule has 1 aliphatic heterocycles. The van der Waals surface area contributed by atoms with E-state index in [9.17, 15) is 9.46 Å². The highest BCUT2D eigenvalue weighted by Crippen LogP contribution is 2.53. The summed E-state index contributed by atoms with van der Waals surface area (Å²) in [5, 5.41) is 0. The second-order valence-corrected chi connectivity index (χ2v) is 6.20. The fourth-order valence-corrected chi connectivity index (χ4v) is 3.70. The van der Waals surface area contributed by atoms with E-state index in [1.165, 1.54) is 0 Å². The SMILES string of the molecule is CCO[C@@]12CCO[C@H](C[C@H]1OC)C2OP(=O)(O)OC. The number of hydrogen-bond acceptors (Lipinski definition) is 6. The highest BCUT2D eigenvalue weighted by Gasteiger charge is 2.62. The molecular weight excluding hydrogens is 275 g/mol. The molecule has 0 radical (unpaired) electrons. The Morgan fingerprint density at radius 2 is 2.21 bits per heavy atom. The number of phosphoric ester groups is 1. The molecule has 0 amide bonds. The summed E-state index contributed by atoms with van der Waals surface area (Å²) in [7, 11) is -1.37. The van der Waals surface area contributed by atoms with Crippen molar-refractivity contribution in [2.75, 3.05) is 27.4 Å². The topological polar surface area (TPSA) is 83.5 Å². The summed E-state index contributed by atoms with van der Waals surface area (Å²) in [6.45, 7) is 2.86. The van der Waals surface area contributed by atoms with Crippen molar-refractivity contribution >= 4 is 7.82 Å². The smallest absolute Gasteiger partial charge is 0.378 e. The Bertz CT molecular complexity index is 359. The van der Waals surface area contributed by atoms with Crippen LogP contribution in [0, 0.1) is 0 Å². The van der Waals surface area contributed by atoms with E-state index < -0.39 is 19.5 Å². The molecule has 2 bridgehead atoms. The van der Waals surface area contributed by atoms with E-state index >= 15 is 0 Å². The molecule has 1 aliphatic carbocycles. The third-order valence-electron chi connectivity index (χ3n) is 3.81. The van der Waals surface area contributed by atoms with Crippen LogP contribution in [0.1, 0.15) is 19.8 Å². The minimum atomic E-state index is -4.10. The van der Waals surface area contributed by atoms with Crippen molar-refractivity contribution in [3.05, 3.63) is 0 Å². The number of methoxy groups -OCH3 is 1. The Morgan fingerprint density at radius 3 is 2.79 bits per heavy atom. The average molecular weight is 296 g/mol. The Labute approximate surface area is 112 Å². The molecular formula is C11H21O7P. The molecule has 19 heavy (non-hydrogen) atoms. The van der Waals surface area contributed by atoms with Crippen LogP contribution in [0.4, 0.5) is 0 Å². The van der Waals surface area contributed by atoms with Gasteiger partial charge in [-0.15, -0.1) is 0 Å². The summed E-state index contributed by atoms with van der Waals surface area (Å²) < 4.78 is 38.3. The highest BCUT2D eigenvalue weighted by atomic mass is 31.2. The Morgan fingerprint density at radius 1 is 1.47 bits per heavy atom. The van der Waals surface area contributed by atoms with Gasteiger partial charge in [0.05, 0.1) is 18.8 Å². The van der Waals surface area contributed by atoms with Crippen molar-refractivity contribution < 1.29 is 32.7 Å². The van der Waals surface area contributed by atoms with Crippen LogP contribution in [0.2, 0.25) is 0 Å². The van der Waals surface area contributed by atoms with Crippen LogP contribution in [0.3, 0.4) is 0 Å². The quantitative estimate of drug-likeness (QED) is 0.735. The van der Waals surface area contributed by atoms with Crippen LogP contribution >= 0.6 is 7.82 Å². The van der Waals surface area contributed by atoms with Crippen molar-refractivity contribution in [1.29, 1.82) is 0 Å². The predicted molar refractivity (Wildman–Crippen MR) is 65.8 cm³/mol. The molecule has 1 heterocycles. The number of hydrogen-bond donors (Lipinski definition) is 1. The molecule has 2 aliphatic rings. The van der Waals surface area contributed by atoms with Gasteiger partial charge in [0, 0.05) is 33.7 Å². The number of ether oxygens (including phenoxy) is 3. The molecule has 2 fully saturated rings. The molecule has 5 atom stereocenters. The van der Waals surface area contributed by atoms with Crippen LogP contribution in [0.5, 0.6) is 0 Å². The van der Waals surface area contributed by atoms with E-state index in [0.29, 0.717) is 26.1 Å². The maximum Gasteiger partial charge on any atom is 0.472 e. The van der Waals surface area contributed by atoms with Gasteiger partial charge in [-0.3, -0.25) is 9.05 Å². The van der Waals surface area contributed by atoms with Gasteiger partial charge in [0.1, 0.15) is 11.7 Å². The maximum atomic E-state index is 11.7.